The third kappa shape index (κ3) is 3.43. The molecule has 0 aliphatic rings. The summed E-state index contributed by atoms with van der Waals surface area (Å²) in [5.74, 6) is -0.514. The lowest BCUT2D eigenvalue weighted by molar-refractivity contribution is -0.756. The predicted molar refractivity (Wildman–Crippen MR) is 28.3 cm³/mol. The molecule has 0 saturated heterocycles. The first kappa shape index (κ1) is 7.85. The van der Waals surface area contributed by atoms with Crippen LogP contribution < -0.4 is 0 Å². The monoisotopic (exact) mass is 130 g/mol. The summed E-state index contributed by atoms with van der Waals surface area (Å²) in [6.45, 7) is 3.22. The van der Waals surface area contributed by atoms with Crippen molar-refractivity contribution in [2.45, 2.75) is 13.8 Å². The van der Waals surface area contributed by atoms with Crippen molar-refractivity contribution in [2.24, 2.45) is 0 Å². The second-order valence-electron chi connectivity index (χ2n) is 1.37. The topological polar surface area (TPSA) is 46.4 Å². The van der Waals surface area contributed by atoms with E-state index in [0.29, 0.717) is 6.54 Å². The minimum Gasteiger partial charge on any atom is -0.245 e. The molecule has 0 aromatic rings. The van der Waals surface area contributed by atoms with Crippen molar-refractivity contribution >= 4 is 12.0 Å². The molecule has 0 rings (SSSR count). The summed E-state index contributed by atoms with van der Waals surface area (Å²) in [5.41, 5.74) is 0. The van der Waals surface area contributed by atoms with Crippen molar-refractivity contribution in [3.05, 3.63) is 0 Å². The molecule has 0 bridgehead atoms. The minimum atomic E-state index is -0.514. The Morgan fingerprint density at radius 1 is 1.78 bits per heavy atom. The van der Waals surface area contributed by atoms with Crippen molar-refractivity contribution in [3.63, 3.8) is 0 Å². The standard InChI is InChI=1S/C5H8NO3/c1-3-6(4-7)9-5(2)8/h3H2,1-2H3/q+1. The van der Waals surface area contributed by atoms with E-state index < -0.39 is 5.97 Å². The number of hydrogen-bond acceptors (Lipinski definition) is 3. The molecule has 0 heterocycles. The molecule has 0 unspecified atom stereocenters. The van der Waals surface area contributed by atoms with Gasteiger partial charge in [-0.15, -0.1) is 0 Å². The third-order valence-corrected chi connectivity index (χ3v) is 0.628. The quantitative estimate of drug-likeness (QED) is 0.171. The second kappa shape index (κ2) is 3.80. The number of hydrogen-bond donors (Lipinski definition) is 0. The van der Waals surface area contributed by atoms with Crippen LogP contribution in [-0.2, 0) is 14.4 Å². The highest BCUT2D eigenvalue weighted by Crippen LogP contribution is 1.76. The van der Waals surface area contributed by atoms with Crippen molar-refractivity contribution in [1.82, 2.24) is 0 Å². The van der Waals surface area contributed by atoms with Crippen LogP contribution >= 0.6 is 0 Å². The van der Waals surface area contributed by atoms with Gasteiger partial charge in [0.1, 0.15) is 0 Å². The van der Waals surface area contributed by atoms with Crippen molar-refractivity contribution < 1.29 is 19.2 Å². The van der Waals surface area contributed by atoms with Crippen LogP contribution in [0.3, 0.4) is 0 Å². The fraction of sp³-hybridized carbons (Fsp3) is 0.600. The first-order valence-corrected chi connectivity index (χ1v) is 2.54. The van der Waals surface area contributed by atoms with Crippen molar-refractivity contribution in [1.29, 1.82) is 0 Å². The molecule has 0 aromatic heterocycles. The number of carbonyl (C=O) groups is 1. The molecule has 0 N–H and O–H groups in total. The first-order chi connectivity index (χ1) is 4.20. The molecule has 0 spiro atoms. The van der Waals surface area contributed by atoms with E-state index in [-0.39, 0.29) is 0 Å². The summed E-state index contributed by atoms with van der Waals surface area (Å²) in [7, 11) is 0. The molecule has 0 atom stereocenters. The lowest BCUT2D eigenvalue weighted by atomic mass is 10.8. The molecule has 4 nitrogen and oxygen atoms in total. The predicted octanol–water partition coefficient (Wildman–Crippen LogP) is -0.167. The van der Waals surface area contributed by atoms with Gasteiger partial charge >= 0.3 is 12.0 Å². The number of isocyanates is 1. The van der Waals surface area contributed by atoms with Gasteiger partial charge in [0.2, 0.25) is 6.54 Å². The minimum absolute atomic E-state index is 0.322. The molecular formula is C5H8NO3+. The van der Waals surface area contributed by atoms with Gasteiger partial charge < -0.3 is 0 Å². The van der Waals surface area contributed by atoms with E-state index >= 15 is 0 Å². The smallest absolute Gasteiger partial charge is 0.245 e. The summed E-state index contributed by atoms with van der Waals surface area (Å²) in [4.78, 5) is 24.2. The van der Waals surface area contributed by atoms with E-state index in [4.69, 9.17) is 0 Å². The number of rotatable bonds is 2. The molecule has 0 amide bonds. The normalized spacial score (nSPS) is 7.78. The zero-order valence-corrected chi connectivity index (χ0v) is 5.38. The van der Waals surface area contributed by atoms with Crippen molar-refractivity contribution in [3.8, 4) is 0 Å². The lowest BCUT2D eigenvalue weighted by Crippen LogP contribution is -2.14. The number of nitrogens with zero attached hydrogens (tertiary/aromatic N) is 1. The van der Waals surface area contributed by atoms with Crippen LogP contribution in [0.4, 0.5) is 0 Å². The van der Waals surface area contributed by atoms with E-state index in [9.17, 15) is 9.59 Å². The maximum absolute atomic E-state index is 10.1. The Kier molecular flexibility index (Phi) is 3.32. The Balaban J connectivity index is 3.87. The highest BCUT2D eigenvalue weighted by molar-refractivity contribution is 5.65. The summed E-state index contributed by atoms with van der Waals surface area (Å²) in [6.07, 6.45) is 1.42. The Hall–Kier alpha value is -1.15. The molecule has 0 fully saturated rings. The Morgan fingerprint density at radius 2 is 2.33 bits per heavy atom. The summed E-state index contributed by atoms with van der Waals surface area (Å²) >= 11 is 0. The first-order valence-electron chi connectivity index (χ1n) is 2.54. The molecule has 0 aromatic carbocycles. The molecule has 9 heavy (non-hydrogen) atoms. The molecule has 4 heteroatoms. The van der Waals surface area contributed by atoms with Gasteiger partial charge in [-0.1, -0.05) is 0 Å². The lowest BCUT2D eigenvalue weighted by Gasteiger charge is -1.86. The highest BCUT2D eigenvalue weighted by atomic mass is 16.7. The Morgan fingerprint density at radius 3 is 2.44 bits per heavy atom. The van der Waals surface area contributed by atoms with E-state index in [1.165, 1.54) is 13.0 Å². The van der Waals surface area contributed by atoms with Crippen LogP contribution in [0, 0.1) is 0 Å². The highest BCUT2D eigenvalue weighted by Gasteiger charge is 2.05. The number of carbonyl (C=O) groups excluding carboxylic acids is 2. The molecule has 0 aliphatic heterocycles. The van der Waals surface area contributed by atoms with E-state index in [1.54, 1.807) is 6.92 Å². The molecule has 0 radical (unpaired) electrons. The van der Waals surface area contributed by atoms with Gasteiger partial charge in [0.05, 0.1) is 4.74 Å². The third-order valence-electron chi connectivity index (χ3n) is 0.628. The molecule has 0 saturated carbocycles. The molecule has 0 aliphatic carbocycles. The maximum atomic E-state index is 10.1. The maximum Gasteiger partial charge on any atom is 0.477 e. The fourth-order valence-electron chi connectivity index (χ4n) is 0.303. The zero-order valence-electron chi connectivity index (χ0n) is 5.38. The van der Waals surface area contributed by atoms with Gasteiger partial charge in [0.15, 0.2) is 0 Å². The van der Waals surface area contributed by atoms with Crippen LogP contribution in [-0.4, -0.2) is 23.3 Å². The average molecular weight is 130 g/mol. The van der Waals surface area contributed by atoms with Gasteiger partial charge in [-0.3, -0.25) is 0 Å². The van der Waals surface area contributed by atoms with Gasteiger partial charge in [-0.25, -0.2) is 4.79 Å². The van der Waals surface area contributed by atoms with Gasteiger partial charge in [-0.05, 0) is 0 Å². The summed E-state index contributed by atoms with van der Waals surface area (Å²) in [5, 5.41) is 0. The van der Waals surface area contributed by atoms with Crippen LogP contribution in [0.5, 0.6) is 0 Å². The van der Waals surface area contributed by atoms with Crippen LogP contribution in [0.15, 0.2) is 0 Å². The van der Waals surface area contributed by atoms with Gasteiger partial charge in [-0.2, -0.15) is 9.63 Å². The van der Waals surface area contributed by atoms with Crippen LogP contribution in [0.2, 0.25) is 0 Å². The van der Waals surface area contributed by atoms with Crippen LogP contribution in [0.1, 0.15) is 13.8 Å². The Labute approximate surface area is 52.7 Å². The van der Waals surface area contributed by atoms with E-state index in [2.05, 4.69) is 4.84 Å². The summed E-state index contributed by atoms with van der Waals surface area (Å²) in [6, 6.07) is 0. The van der Waals surface area contributed by atoms with Gasteiger partial charge in [0.25, 0.3) is 0 Å². The summed E-state index contributed by atoms with van der Waals surface area (Å²) < 4.78 is 0.794. The SMILES string of the molecule is CC[N+](=C=O)OC(C)=O. The average Bonchev–Trinajstić information content (AvgIpc) is 1.82. The number of hydroxylamine groups is 1. The largest absolute Gasteiger partial charge is 0.477 e. The fourth-order valence-corrected chi connectivity index (χ4v) is 0.303. The zero-order chi connectivity index (χ0) is 7.28. The van der Waals surface area contributed by atoms with E-state index in [1.807, 2.05) is 0 Å². The van der Waals surface area contributed by atoms with E-state index in [0.717, 1.165) is 4.74 Å². The van der Waals surface area contributed by atoms with Crippen molar-refractivity contribution in [2.75, 3.05) is 6.54 Å². The van der Waals surface area contributed by atoms with Crippen LogP contribution in [0.25, 0.3) is 0 Å². The van der Waals surface area contributed by atoms with Gasteiger partial charge in [0, 0.05) is 13.8 Å². The molecule has 50 valence electrons. The molecular weight excluding hydrogens is 122 g/mol. The second-order valence-corrected chi connectivity index (χ2v) is 1.37. The Bertz CT molecular complexity index is 158.